The summed E-state index contributed by atoms with van der Waals surface area (Å²) >= 11 is 0. The lowest BCUT2D eigenvalue weighted by Crippen LogP contribution is -2.42. The molecule has 2 aromatic rings. The van der Waals surface area contributed by atoms with Crippen molar-refractivity contribution in [1.82, 2.24) is 9.47 Å². The van der Waals surface area contributed by atoms with Gasteiger partial charge in [-0.25, -0.2) is 4.79 Å². The number of hydrogen-bond acceptors (Lipinski definition) is 5. The number of carbonyl (C=O) groups is 2. The minimum atomic E-state index is -0.714. The maximum absolute atomic E-state index is 13.0. The molecule has 0 spiro atoms. The van der Waals surface area contributed by atoms with Crippen molar-refractivity contribution in [2.45, 2.75) is 64.9 Å². The Kier molecular flexibility index (Phi) is 5.56. The van der Waals surface area contributed by atoms with Gasteiger partial charge in [-0.15, -0.1) is 0 Å². The largest absolute Gasteiger partial charge is 0.449 e. The van der Waals surface area contributed by atoms with Crippen molar-refractivity contribution in [3.05, 3.63) is 42.2 Å². The molecule has 172 valence electrons. The number of piperidine rings is 1. The molecular formula is C24H31N3O5. The number of ether oxygens (including phenoxy) is 3. The predicted octanol–water partition coefficient (Wildman–Crippen LogP) is 4.82. The number of nitrogens with zero attached hydrogens (tertiary/aromatic N) is 2. The third kappa shape index (κ3) is 4.84. The van der Waals surface area contributed by atoms with Crippen LogP contribution in [0, 0.1) is 0 Å². The molecule has 1 aromatic heterocycles. The Labute approximate surface area is 188 Å². The molecule has 2 aliphatic heterocycles. The third-order valence-corrected chi connectivity index (χ3v) is 5.43. The van der Waals surface area contributed by atoms with Crippen LogP contribution in [0.4, 0.5) is 10.5 Å². The number of hydrogen-bond donors (Lipinski definition) is 1. The first kappa shape index (κ1) is 22.0. The van der Waals surface area contributed by atoms with Crippen LogP contribution in [0.5, 0.6) is 11.5 Å². The minimum Gasteiger partial charge on any atom is -0.449 e. The average molecular weight is 442 g/mol. The van der Waals surface area contributed by atoms with E-state index in [4.69, 9.17) is 14.2 Å². The normalized spacial score (nSPS) is 17.8. The highest BCUT2D eigenvalue weighted by Crippen LogP contribution is 2.40. The number of fused-ring (bicyclic) bond motifs is 1. The Hall–Kier alpha value is -3.16. The summed E-state index contributed by atoms with van der Waals surface area (Å²) in [6, 6.07) is 9.19. The van der Waals surface area contributed by atoms with Crippen molar-refractivity contribution < 1.29 is 23.8 Å². The van der Waals surface area contributed by atoms with E-state index in [1.54, 1.807) is 23.1 Å². The zero-order valence-corrected chi connectivity index (χ0v) is 19.3. The standard InChI is InChI=1S/C24H31N3O5/c1-23(2,3)32-22(29)26-13-10-17(11-14-26)27-12-6-7-18(27)21(28)25-16-8-9-19-20(15-16)31-24(4,5)30-19/h6-9,12,15,17H,10-11,13-14H2,1-5H3,(H,25,28). The quantitative estimate of drug-likeness (QED) is 0.739. The van der Waals surface area contributed by atoms with E-state index in [9.17, 15) is 9.59 Å². The maximum Gasteiger partial charge on any atom is 0.410 e. The van der Waals surface area contributed by atoms with Crippen molar-refractivity contribution in [3.63, 3.8) is 0 Å². The molecule has 0 saturated carbocycles. The van der Waals surface area contributed by atoms with Gasteiger partial charge in [-0.1, -0.05) is 0 Å². The van der Waals surface area contributed by atoms with Gasteiger partial charge in [-0.05, 0) is 57.9 Å². The number of rotatable bonds is 3. The van der Waals surface area contributed by atoms with Crippen LogP contribution < -0.4 is 14.8 Å². The molecule has 0 aliphatic carbocycles. The lowest BCUT2D eigenvalue weighted by molar-refractivity contribution is -0.0431. The highest BCUT2D eigenvalue weighted by molar-refractivity contribution is 6.03. The van der Waals surface area contributed by atoms with E-state index >= 15 is 0 Å². The number of nitrogens with one attached hydrogen (secondary N) is 1. The molecule has 2 amide bonds. The summed E-state index contributed by atoms with van der Waals surface area (Å²) in [5, 5.41) is 2.95. The Morgan fingerprint density at radius 2 is 1.78 bits per heavy atom. The van der Waals surface area contributed by atoms with Crippen LogP contribution >= 0.6 is 0 Å². The van der Waals surface area contributed by atoms with Crippen LogP contribution in [0.2, 0.25) is 0 Å². The Morgan fingerprint density at radius 3 is 2.47 bits per heavy atom. The highest BCUT2D eigenvalue weighted by atomic mass is 16.7. The lowest BCUT2D eigenvalue weighted by Gasteiger charge is -2.34. The van der Waals surface area contributed by atoms with Crippen molar-refractivity contribution >= 4 is 17.7 Å². The maximum atomic E-state index is 13.0. The van der Waals surface area contributed by atoms with Crippen LogP contribution in [0.1, 0.15) is 64.0 Å². The van der Waals surface area contributed by atoms with Gasteiger partial charge in [0.1, 0.15) is 11.3 Å². The van der Waals surface area contributed by atoms with Crippen molar-refractivity contribution in [3.8, 4) is 11.5 Å². The smallest absolute Gasteiger partial charge is 0.410 e. The first-order valence-electron chi connectivity index (χ1n) is 11.0. The SMILES string of the molecule is CC(C)(C)OC(=O)N1CCC(n2cccc2C(=O)Nc2ccc3c(c2)OC(C)(C)O3)CC1. The molecule has 8 nitrogen and oxygen atoms in total. The molecule has 3 heterocycles. The van der Waals surface area contributed by atoms with Crippen molar-refractivity contribution in [1.29, 1.82) is 0 Å². The highest BCUT2D eigenvalue weighted by Gasteiger charge is 2.32. The molecule has 0 radical (unpaired) electrons. The van der Waals surface area contributed by atoms with Gasteiger partial charge in [-0.2, -0.15) is 0 Å². The summed E-state index contributed by atoms with van der Waals surface area (Å²) in [7, 11) is 0. The van der Waals surface area contributed by atoms with E-state index < -0.39 is 11.4 Å². The van der Waals surface area contributed by atoms with Crippen molar-refractivity contribution in [2.75, 3.05) is 18.4 Å². The van der Waals surface area contributed by atoms with E-state index in [1.807, 2.05) is 57.5 Å². The van der Waals surface area contributed by atoms with Crippen LogP contribution in [-0.4, -0.2) is 45.9 Å². The second kappa shape index (κ2) is 8.07. The van der Waals surface area contributed by atoms with Gasteiger partial charge < -0.3 is 29.0 Å². The van der Waals surface area contributed by atoms with Gasteiger partial charge in [0.05, 0.1) is 0 Å². The van der Waals surface area contributed by atoms with Gasteiger partial charge in [0.2, 0.25) is 5.79 Å². The molecular weight excluding hydrogens is 410 g/mol. The lowest BCUT2D eigenvalue weighted by atomic mass is 10.0. The average Bonchev–Trinajstić information content (AvgIpc) is 3.29. The number of aromatic nitrogens is 1. The van der Waals surface area contributed by atoms with Gasteiger partial charge >= 0.3 is 6.09 Å². The summed E-state index contributed by atoms with van der Waals surface area (Å²) in [5.41, 5.74) is 0.714. The number of benzene rings is 1. The summed E-state index contributed by atoms with van der Waals surface area (Å²) in [5.74, 6) is 0.363. The van der Waals surface area contributed by atoms with Crippen LogP contribution in [0.3, 0.4) is 0 Å². The molecule has 4 rings (SSSR count). The van der Waals surface area contributed by atoms with Gasteiger partial charge in [0.25, 0.3) is 5.91 Å². The third-order valence-electron chi connectivity index (χ3n) is 5.43. The number of likely N-dealkylation sites (tertiary alicyclic amines) is 1. The zero-order chi connectivity index (χ0) is 23.1. The molecule has 2 aliphatic rings. The molecule has 32 heavy (non-hydrogen) atoms. The van der Waals surface area contributed by atoms with Gasteiger partial charge in [0, 0.05) is 50.9 Å². The molecule has 8 heteroatoms. The zero-order valence-electron chi connectivity index (χ0n) is 19.3. The molecule has 0 atom stereocenters. The number of anilines is 1. The fourth-order valence-electron chi connectivity index (χ4n) is 4.05. The fourth-order valence-corrected chi connectivity index (χ4v) is 4.05. The summed E-state index contributed by atoms with van der Waals surface area (Å²) in [6.07, 6.45) is 3.15. The number of carbonyl (C=O) groups excluding carboxylic acids is 2. The Bertz CT molecular complexity index is 1010. The van der Waals surface area contributed by atoms with Gasteiger partial charge in [-0.3, -0.25) is 4.79 Å². The number of amides is 2. The van der Waals surface area contributed by atoms with E-state index in [2.05, 4.69) is 5.32 Å². The monoisotopic (exact) mass is 441 g/mol. The second-order valence-electron chi connectivity index (χ2n) is 9.72. The molecule has 1 aromatic carbocycles. The summed E-state index contributed by atoms with van der Waals surface area (Å²) in [6.45, 7) is 10.5. The van der Waals surface area contributed by atoms with Crippen molar-refractivity contribution in [2.24, 2.45) is 0 Å². The first-order valence-corrected chi connectivity index (χ1v) is 11.0. The molecule has 0 bridgehead atoms. The van der Waals surface area contributed by atoms with E-state index in [0.29, 0.717) is 36.0 Å². The second-order valence-corrected chi connectivity index (χ2v) is 9.72. The topological polar surface area (TPSA) is 82.0 Å². The Morgan fingerprint density at radius 1 is 1.09 bits per heavy atom. The van der Waals surface area contributed by atoms with E-state index in [0.717, 1.165) is 12.8 Å². The summed E-state index contributed by atoms with van der Waals surface area (Å²) in [4.78, 5) is 27.1. The molecule has 1 saturated heterocycles. The predicted molar refractivity (Wildman–Crippen MR) is 120 cm³/mol. The van der Waals surface area contributed by atoms with E-state index in [-0.39, 0.29) is 18.0 Å². The molecule has 0 unspecified atom stereocenters. The first-order chi connectivity index (χ1) is 15.0. The van der Waals surface area contributed by atoms with Crippen LogP contribution in [0.15, 0.2) is 36.5 Å². The van der Waals surface area contributed by atoms with E-state index in [1.165, 1.54) is 0 Å². The fraction of sp³-hybridized carbons (Fsp3) is 0.500. The minimum absolute atomic E-state index is 0.141. The molecule has 1 N–H and O–H groups in total. The van der Waals surface area contributed by atoms with Crippen LogP contribution in [0.25, 0.3) is 0 Å². The Balaban J connectivity index is 1.39. The van der Waals surface area contributed by atoms with Gasteiger partial charge in [0.15, 0.2) is 11.5 Å². The summed E-state index contributed by atoms with van der Waals surface area (Å²) < 4.78 is 18.9. The van der Waals surface area contributed by atoms with Crippen LogP contribution in [-0.2, 0) is 4.74 Å². The molecule has 1 fully saturated rings.